The Morgan fingerprint density at radius 2 is 1.94 bits per heavy atom. The number of hydrogen-bond donors (Lipinski definition) is 1. The van der Waals surface area contributed by atoms with E-state index in [1.54, 1.807) is 24.5 Å². The number of ketones is 1. The van der Waals surface area contributed by atoms with Crippen LogP contribution in [-0.2, 0) is 11.3 Å². The second kappa shape index (κ2) is 9.93. The minimum Gasteiger partial charge on any atom is -0.489 e. The van der Waals surface area contributed by atoms with E-state index in [9.17, 15) is 4.79 Å². The molecular weight excluding hydrogens is 432 g/mol. The van der Waals surface area contributed by atoms with Crippen molar-refractivity contribution in [3.8, 4) is 11.5 Å². The minimum atomic E-state index is -0.148. The number of nitrogens with zero attached hydrogens (tertiary/aromatic N) is 3. The fourth-order valence-corrected chi connectivity index (χ4v) is 4.03. The molecule has 4 aromatic rings. The molecule has 0 aliphatic carbocycles. The van der Waals surface area contributed by atoms with Gasteiger partial charge in [-0.15, -0.1) is 0 Å². The first kappa shape index (κ1) is 21.9. The zero-order valence-corrected chi connectivity index (χ0v) is 19.0. The van der Waals surface area contributed by atoms with Gasteiger partial charge in [-0.25, -0.2) is 9.97 Å². The SMILES string of the molecule is CCOc1c(OCc2ccc(N3CCOCC3)nc2)cccc1C(=O)c1c[nH]c2ncccc12. The molecule has 8 nitrogen and oxygen atoms in total. The first-order valence-corrected chi connectivity index (χ1v) is 11.4. The van der Waals surface area contributed by atoms with Crippen LogP contribution in [0.4, 0.5) is 5.82 Å². The number of benzene rings is 1. The van der Waals surface area contributed by atoms with E-state index in [1.165, 1.54) is 0 Å². The van der Waals surface area contributed by atoms with Crippen LogP contribution in [0.15, 0.2) is 61.1 Å². The molecule has 5 rings (SSSR count). The molecule has 1 aromatic carbocycles. The number of ether oxygens (including phenoxy) is 3. The number of hydrogen-bond acceptors (Lipinski definition) is 7. The van der Waals surface area contributed by atoms with Crippen molar-refractivity contribution in [3.05, 3.63) is 77.7 Å². The van der Waals surface area contributed by atoms with E-state index in [1.807, 2.05) is 43.5 Å². The number of para-hydroxylation sites is 1. The Hall–Kier alpha value is -3.91. The van der Waals surface area contributed by atoms with Crippen LogP contribution in [0.5, 0.6) is 11.5 Å². The third kappa shape index (κ3) is 4.45. The number of fused-ring (bicyclic) bond motifs is 1. The number of rotatable bonds is 8. The first-order chi connectivity index (χ1) is 16.7. The van der Waals surface area contributed by atoms with Crippen LogP contribution < -0.4 is 14.4 Å². The Morgan fingerprint density at radius 1 is 1.06 bits per heavy atom. The molecule has 174 valence electrons. The summed E-state index contributed by atoms with van der Waals surface area (Å²) in [4.78, 5) is 27.5. The molecular formula is C26H26N4O4. The second-order valence-electron chi connectivity index (χ2n) is 7.91. The third-order valence-corrected chi connectivity index (χ3v) is 5.75. The lowest BCUT2D eigenvalue weighted by Gasteiger charge is -2.27. The maximum atomic E-state index is 13.4. The van der Waals surface area contributed by atoms with E-state index in [2.05, 4.69) is 19.9 Å². The molecule has 34 heavy (non-hydrogen) atoms. The lowest BCUT2D eigenvalue weighted by atomic mass is 10.0. The number of anilines is 1. The van der Waals surface area contributed by atoms with E-state index in [-0.39, 0.29) is 5.78 Å². The molecule has 0 unspecified atom stereocenters. The van der Waals surface area contributed by atoms with Crippen LogP contribution in [0.3, 0.4) is 0 Å². The van der Waals surface area contributed by atoms with Crippen LogP contribution in [0, 0.1) is 0 Å². The number of carbonyl (C=O) groups is 1. The molecule has 0 atom stereocenters. The predicted octanol–water partition coefficient (Wildman–Crippen LogP) is 4.00. The number of aromatic amines is 1. The molecule has 0 radical (unpaired) electrons. The molecule has 1 fully saturated rings. The van der Waals surface area contributed by atoms with Crippen LogP contribution in [-0.4, -0.2) is 53.6 Å². The molecule has 0 saturated carbocycles. The Bertz CT molecular complexity index is 1280. The van der Waals surface area contributed by atoms with Crippen LogP contribution in [0.1, 0.15) is 28.4 Å². The summed E-state index contributed by atoms with van der Waals surface area (Å²) >= 11 is 0. The van der Waals surface area contributed by atoms with Crippen molar-refractivity contribution in [1.29, 1.82) is 0 Å². The van der Waals surface area contributed by atoms with Gasteiger partial charge in [-0.1, -0.05) is 12.1 Å². The van der Waals surface area contributed by atoms with Crippen molar-refractivity contribution in [2.24, 2.45) is 0 Å². The molecule has 0 spiro atoms. The van der Waals surface area contributed by atoms with Gasteiger partial charge in [-0.2, -0.15) is 0 Å². The average Bonchev–Trinajstić information content (AvgIpc) is 3.33. The van der Waals surface area contributed by atoms with E-state index in [0.717, 1.165) is 43.1 Å². The van der Waals surface area contributed by atoms with Crippen LogP contribution in [0.2, 0.25) is 0 Å². The van der Waals surface area contributed by atoms with Gasteiger partial charge in [-0.05, 0) is 37.3 Å². The smallest absolute Gasteiger partial charge is 0.199 e. The number of H-pyrrole nitrogens is 1. The summed E-state index contributed by atoms with van der Waals surface area (Å²) in [7, 11) is 0. The largest absolute Gasteiger partial charge is 0.489 e. The zero-order valence-electron chi connectivity index (χ0n) is 19.0. The van der Waals surface area contributed by atoms with Gasteiger partial charge in [0, 0.05) is 48.2 Å². The second-order valence-corrected chi connectivity index (χ2v) is 7.91. The maximum absolute atomic E-state index is 13.4. The van der Waals surface area contributed by atoms with E-state index < -0.39 is 0 Å². The number of nitrogens with one attached hydrogen (secondary N) is 1. The fraction of sp³-hybridized carbons (Fsp3) is 0.269. The Kier molecular flexibility index (Phi) is 6.40. The standard InChI is InChI=1S/C26H26N4O4/c1-2-33-25-20(24(31)21-16-29-26-19(21)6-4-10-27-26)5-3-7-22(25)34-17-18-8-9-23(28-15-18)30-11-13-32-14-12-30/h3-10,15-16H,2,11-14,17H2,1H3,(H,27,29). The van der Waals surface area contributed by atoms with Gasteiger partial charge in [0.25, 0.3) is 0 Å². The third-order valence-electron chi connectivity index (χ3n) is 5.75. The first-order valence-electron chi connectivity index (χ1n) is 11.4. The van der Waals surface area contributed by atoms with Gasteiger partial charge < -0.3 is 24.1 Å². The number of pyridine rings is 2. The van der Waals surface area contributed by atoms with Crippen LogP contribution in [0.25, 0.3) is 11.0 Å². The van der Waals surface area contributed by atoms with Crippen molar-refractivity contribution < 1.29 is 19.0 Å². The van der Waals surface area contributed by atoms with Gasteiger partial charge in [0.2, 0.25) is 0 Å². The molecule has 8 heteroatoms. The van der Waals surface area contributed by atoms with Crippen molar-refractivity contribution >= 4 is 22.6 Å². The fourth-order valence-electron chi connectivity index (χ4n) is 4.03. The van der Waals surface area contributed by atoms with Gasteiger partial charge in [-0.3, -0.25) is 4.79 Å². The molecule has 0 amide bonds. The highest BCUT2D eigenvalue weighted by Gasteiger charge is 2.21. The highest BCUT2D eigenvalue weighted by molar-refractivity contribution is 6.17. The summed E-state index contributed by atoms with van der Waals surface area (Å²) in [6.07, 6.45) is 5.19. The Balaban J connectivity index is 1.36. The lowest BCUT2D eigenvalue weighted by molar-refractivity contribution is 0.103. The predicted molar refractivity (Wildman–Crippen MR) is 129 cm³/mol. The topological polar surface area (TPSA) is 89.6 Å². The summed E-state index contributed by atoms with van der Waals surface area (Å²) < 4.78 is 17.4. The lowest BCUT2D eigenvalue weighted by Crippen LogP contribution is -2.36. The maximum Gasteiger partial charge on any atom is 0.199 e. The molecule has 4 heterocycles. The molecule has 1 aliphatic rings. The van der Waals surface area contributed by atoms with Gasteiger partial charge >= 0.3 is 0 Å². The molecule has 1 saturated heterocycles. The molecule has 3 aromatic heterocycles. The zero-order chi connectivity index (χ0) is 23.3. The van der Waals surface area contributed by atoms with E-state index in [0.29, 0.717) is 41.5 Å². The quantitative estimate of drug-likeness (QED) is 0.399. The Morgan fingerprint density at radius 3 is 2.74 bits per heavy atom. The summed E-state index contributed by atoms with van der Waals surface area (Å²) in [5, 5.41) is 0.771. The average molecular weight is 459 g/mol. The number of morpholine rings is 1. The monoisotopic (exact) mass is 458 g/mol. The summed E-state index contributed by atoms with van der Waals surface area (Å²) in [5.41, 5.74) is 2.59. The summed E-state index contributed by atoms with van der Waals surface area (Å²) in [6.45, 7) is 5.72. The van der Waals surface area contributed by atoms with Gasteiger partial charge in [0.15, 0.2) is 17.3 Å². The van der Waals surface area contributed by atoms with Crippen LogP contribution >= 0.6 is 0 Å². The van der Waals surface area contributed by atoms with Gasteiger partial charge in [0.1, 0.15) is 18.1 Å². The van der Waals surface area contributed by atoms with Crippen molar-refractivity contribution in [3.63, 3.8) is 0 Å². The number of carbonyl (C=O) groups excluding carboxylic acids is 1. The molecule has 1 N–H and O–H groups in total. The van der Waals surface area contributed by atoms with Gasteiger partial charge in [0.05, 0.1) is 25.4 Å². The summed E-state index contributed by atoms with van der Waals surface area (Å²) in [6, 6.07) is 13.1. The molecule has 0 bridgehead atoms. The highest BCUT2D eigenvalue weighted by atomic mass is 16.5. The Labute approximate surface area is 197 Å². The minimum absolute atomic E-state index is 0.148. The summed E-state index contributed by atoms with van der Waals surface area (Å²) in [5.74, 6) is 1.74. The van der Waals surface area contributed by atoms with E-state index >= 15 is 0 Å². The van der Waals surface area contributed by atoms with E-state index in [4.69, 9.17) is 14.2 Å². The normalized spacial score (nSPS) is 13.7. The van der Waals surface area contributed by atoms with Crippen molar-refractivity contribution in [2.45, 2.75) is 13.5 Å². The number of aromatic nitrogens is 3. The molecule has 1 aliphatic heterocycles. The highest BCUT2D eigenvalue weighted by Crippen LogP contribution is 2.34. The van der Waals surface area contributed by atoms with Crippen molar-refractivity contribution in [1.82, 2.24) is 15.0 Å². The van der Waals surface area contributed by atoms with Crippen molar-refractivity contribution in [2.75, 3.05) is 37.8 Å².